The molecule has 6 nitrogen and oxygen atoms in total. The number of nitrogens with one attached hydrogen (secondary N) is 2. The standard InChI is InChI=1S/C14H25N3O3S/c18-14(9-12-10-21(19,20)7-4-15-12)16-11-3-6-17-5-1-2-13(17)8-11/h11-13,15H,1-10H2,(H,16,18). The molecule has 1 amide bonds. The first kappa shape index (κ1) is 15.2. The lowest BCUT2D eigenvalue weighted by Crippen LogP contribution is -2.50. The normalized spacial score (nSPS) is 36.1. The van der Waals surface area contributed by atoms with Crippen molar-refractivity contribution in [3.05, 3.63) is 0 Å². The summed E-state index contributed by atoms with van der Waals surface area (Å²) in [4.78, 5) is 14.6. The van der Waals surface area contributed by atoms with Crippen molar-refractivity contribution in [1.82, 2.24) is 15.5 Å². The third-order valence-corrected chi connectivity index (χ3v) is 6.65. The molecule has 3 saturated heterocycles. The Morgan fingerprint density at radius 2 is 2.14 bits per heavy atom. The lowest BCUT2D eigenvalue weighted by molar-refractivity contribution is -0.122. The molecule has 0 aromatic carbocycles. The summed E-state index contributed by atoms with van der Waals surface area (Å²) in [6.45, 7) is 2.74. The number of nitrogens with zero attached hydrogens (tertiary/aromatic N) is 1. The van der Waals surface area contributed by atoms with E-state index >= 15 is 0 Å². The smallest absolute Gasteiger partial charge is 0.221 e. The van der Waals surface area contributed by atoms with Gasteiger partial charge in [0.25, 0.3) is 0 Å². The Bertz CT molecular complexity index is 494. The third kappa shape index (κ3) is 3.96. The predicted molar refractivity (Wildman–Crippen MR) is 80.8 cm³/mol. The zero-order chi connectivity index (χ0) is 14.9. The van der Waals surface area contributed by atoms with Crippen LogP contribution in [-0.2, 0) is 14.6 Å². The number of carbonyl (C=O) groups excluding carboxylic acids is 1. The average Bonchev–Trinajstić information content (AvgIpc) is 2.84. The molecule has 3 fully saturated rings. The number of amides is 1. The molecule has 0 aromatic heterocycles. The summed E-state index contributed by atoms with van der Waals surface area (Å²) in [5.41, 5.74) is 0. The van der Waals surface area contributed by atoms with Gasteiger partial charge in [0.05, 0.1) is 11.5 Å². The SMILES string of the molecule is O=C(CC1CS(=O)(=O)CCN1)NC1CCN2CCCC2C1. The van der Waals surface area contributed by atoms with E-state index in [0.717, 1.165) is 19.4 Å². The van der Waals surface area contributed by atoms with Gasteiger partial charge in [-0.1, -0.05) is 0 Å². The molecule has 0 saturated carbocycles. The first-order chi connectivity index (χ1) is 10.0. The molecule has 120 valence electrons. The molecule has 3 aliphatic rings. The summed E-state index contributed by atoms with van der Waals surface area (Å²) in [6.07, 6.45) is 4.84. The van der Waals surface area contributed by atoms with Gasteiger partial charge in [-0.15, -0.1) is 0 Å². The fourth-order valence-corrected chi connectivity index (χ4v) is 5.31. The molecule has 3 heterocycles. The number of fused-ring (bicyclic) bond motifs is 1. The van der Waals surface area contributed by atoms with Gasteiger partial charge in [0.1, 0.15) is 0 Å². The van der Waals surface area contributed by atoms with Gasteiger partial charge in [-0.25, -0.2) is 8.42 Å². The van der Waals surface area contributed by atoms with Gasteiger partial charge in [-0.3, -0.25) is 4.79 Å². The highest BCUT2D eigenvalue weighted by molar-refractivity contribution is 7.91. The first-order valence-corrected chi connectivity index (χ1v) is 9.81. The molecule has 0 bridgehead atoms. The Labute approximate surface area is 126 Å². The van der Waals surface area contributed by atoms with Crippen molar-refractivity contribution < 1.29 is 13.2 Å². The summed E-state index contributed by atoms with van der Waals surface area (Å²) in [6, 6.07) is 0.671. The summed E-state index contributed by atoms with van der Waals surface area (Å²) >= 11 is 0. The van der Waals surface area contributed by atoms with Crippen LogP contribution in [0.2, 0.25) is 0 Å². The number of hydrogen-bond acceptors (Lipinski definition) is 5. The van der Waals surface area contributed by atoms with Crippen LogP contribution >= 0.6 is 0 Å². The van der Waals surface area contributed by atoms with Crippen molar-refractivity contribution in [3.8, 4) is 0 Å². The number of sulfone groups is 1. The number of hydrogen-bond donors (Lipinski definition) is 2. The summed E-state index contributed by atoms with van der Waals surface area (Å²) < 4.78 is 23.2. The van der Waals surface area contributed by atoms with Crippen molar-refractivity contribution in [2.45, 2.75) is 50.2 Å². The highest BCUT2D eigenvalue weighted by Crippen LogP contribution is 2.26. The van der Waals surface area contributed by atoms with E-state index in [1.54, 1.807) is 0 Å². The lowest BCUT2D eigenvalue weighted by atomic mass is 9.97. The van der Waals surface area contributed by atoms with Crippen LogP contribution in [-0.4, -0.2) is 68.5 Å². The fraction of sp³-hybridized carbons (Fsp3) is 0.929. The van der Waals surface area contributed by atoms with Crippen LogP contribution in [0.25, 0.3) is 0 Å². The van der Waals surface area contributed by atoms with Crippen LogP contribution in [0.1, 0.15) is 32.1 Å². The molecule has 3 unspecified atom stereocenters. The van der Waals surface area contributed by atoms with Gasteiger partial charge in [0, 0.05) is 37.6 Å². The van der Waals surface area contributed by atoms with Gasteiger partial charge < -0.3 is 15.5 Å². The maximum Gasteiger partial charge on any atom is 0.221 e. The maximum absolute atomic E-state index is 12.1. The highest BCUT2D eigenvalue weighted by Gasteiger charge is 2.33. The van der Waals surface area contributed by atoms with Gasteiger partial charge in [0.15, 0.2) is 9.84 Å². The highest BCUT2D eigenvalue weighted by atomic mass is 32.2. The minimum atomic E-state index is -2.97. The molecule has 0 radical (unpaired) electrons. The topological polar surface area (TPSA) is 78.5 Å². The van der Waals surface area contributed by atoms with E-state index < -0.39 is 9.84 Å². The minimum Gasteiger partial charge on any atom is -0.353 e. The third-order valence-electron chi connectivity index (χ3n) is 4.92. The van der Waals surface area contributed by atoms with Gasteiger partial charge >= 0.3 is 0 Å². The van der Waals surface area contributed by atoms with E-state index in [9.17, 15) is 13.2 Å². The molecule has 3 aliphatic heterocycles. The second kappa shape index (κ2) is 6.22. The predicted octanol–water partition coefficient (Wildman–Crippen LogP) is -0.494. The van der Waals surface area contributed by atoms with Crippen molar-refractivity contribution >= 4 is 15.7 Å². The Morgan fingerprint density at radius 3 is 2.95 bits per heavy atom. The monoisotopic (exact) mass is 315 g/mol. The molecule has 21 heavy (non-hydrogen) atoms. The average molecular weight is 315 g/mol. The molecule has 3 rings (SSSR count). The van der Waals surface area contributed by atoms with Crippen LogP contribution < -0.4 is 10.6 Å². The molecule has 0 aliphatic carbocycles. The van der Waals surface area contributed by atoms with Crippen molar-refractivity contribution in [2.24, 2.45) is 0 Å². The second-order valence-electron chi connectivity index (χ2n) is 6.59. The quantitative estimate of drug-likeness (QED) is 0.734. The maximum atomic E-state index is 12.1. The van der Waals surface area contributed by atoms with E-state index in [1.807, 2.05) is 0 Å². The van der Waals surface area contributed by atoms with Crippen LogP contribution in [0.5, 0.6) is 0 Å². The lowest BCUT2D eigenvalue weighted by Gasteiger charge is -2.35. The van der Waals surface area contributed by atoms with Crippen molar-refractivity contribution in [1.29, 1.82) is 0 Å². The second-order valence-corrected chi connectivity index (χ2v) is 8.82. The minimum absolute atomic E-state index is 0.0129. The van der Waals surface area contributed by atoms with Crippen LogP contribution in [0.4, 0.5) is 0 Å². The van der Waals surface area contributed by atoms with E-state index in [1.165, 1.54) is 19.4 Å². The van der Waals surface area contributed by atoms with Crippen LogP contribution in [0.15, 0.2) is 0 Å². The Hall–Kier alpha value is -0.660. The zero-order valence-electron chi connectivity index (χ0n) is 12.4. The summed E-state index contributed by atoms with van der Waals surface area (Å²) in [5, 5.41) is 6.24. The largest absolute Gasteiger partial charge is 0.353 e. The Morgan fingerprint density at radius 1 is 1.29 bits per heavy atom. The zero-order valence-corrected chi connectivity index (χ0v) is 13.2. The van der Waals surface area contributed by atoms with Crippen molar-refractivity contribution in [2.75, 3.05) is 31.1 Å². The molecule has 7 heteroatoms. The molecule has 3 atom stereocenters. The van der Waals surface area contributed by atoms with Gasteiger partial charge in [-0.2, -0.15) is 0 Å². The van der Waals surface area contributed by atoms with Crippen molar-refractivity contribution in [3.63, 3.8) is 0 Å². The van der Waals surface area contributed by atoms with Gasteiger partial charge in [0.2, 0.25) is 5.91 Å². The molecule has 2 N–H and O–H groups in total. The van der Waals surface area contributed by atoms with Crippen LogP contribution in [0, 0.1) is 0 Å². The molecular formula is C14H25N3O3S. The van der Waals surface area contributed by atoms with E-state index in [0.29, 0.717) is 12.6 Å². The molecule has 0 spiro atoms. The molecular weight excluding hydrogens is 290 g/mol. The number of piperidine rings is 1. The molecule has 0 aromatic rings. The summed E-state index contributed by atoms with van der Waals surface area (Å²) in [5.74, 6) is 0.258. The first-order valence-electron chi connectivity index (χ1n) is 7.99. The Balaban J connectivity index is 1.46. The number of carbonyl (C=O) groups is 1. The van der Waals surface area contributed by atoms with E-state index in [4.69, 9.17) is 0 Å². The number of rotatable bonds is 3. The summed E-state index contributed by atoms with van der Waals surface area (Å²) in [7, 11) is -2.97. The van der Waals surface area contributed by atoms with E-state index in [-0.39, 0.29) is 35.9 Å². The fourth-order valence-electron chi connectivity index (χ4n) is 3.86. The van der Waals surface area contributed by atoms with E-state index in [2.05, 4.69) is 15.5 Å². The Kier molecular flexibility index (Phi) is 4.51. The van der Waals surface area contributed by atoms with Crippen LogP contribution in [0.3, 0.4) is 0 Å². The van der Waals surface area contributed by atoms with Gasteiger partial charge in [-0.05, 0) is 32.2 Å².